The second kappa shape index (κ2) is 14.3. The Morgan fingerprint density at radius 1 is 1.11 bits per heavy atom. The average Bonchev–Trinajstić information content (AvgIpc) is 3.49. The number of alkyl halides is 2. The van der Waals surface area contributed by atoms with Crippen LogP contribution in [-0.4, -0.2) is 80.0 Å². The topological polar surface area (TPSA) is 115 Å². The minimum Gasteiger partial charge on any atom is -0.493 e. The van der Waals surface area contributed by atoms with E-state index in [1.54, 1.807) is 14.1 Å². The van der Waals surface area contributed by atoms with Gasteiger partial charge in [-0.2, -0.15) is 13.1 Å². The van der Waals surface area contributed by atoms with Gasteiger partial charge in [0.15, 0.2) is 16.9 Å². The van der Waals surface area contributed by atoms with Crippen molar-refractivity contribution in [1.29, 1.82) is 0 Å². The number of benzene rings is 2. The van der Waals surface area contributed by atoms with Crippen LogP contribution in [0, 0.1) is 0 Å². The van der Waals surface area contributed by atoms with Crippen molar-refractivity contribution < 1.29 is 41.0 Å². The van der Waals surface area contributed by atoms with E-state index < -0.39 is 34.1 Å². The monoisotopic (exact) mass is 689 g/mol. The molecule has 10 nitrogen and oxygen atoms in total. The summed E-state index contributed by atoms with van der Waals surface area (Å²) in [6.07, 6.45) is 1.54. The van der Waals surface area contributed by atoms with E-state index in [4.69, 9.17) is 32.7 Å². The highest BCUT2D eigenvalue weighted by Gasteiger charge is 2.42. The summed E-state index contributed by atoms with van der Waals surface area (Å²) in [6.45, 7) is -3.09. The van der Waals surface area contributed by atoms with Crippen LogP contribution >= 0.6 is 35.0 Å². The third-order valence-electron chi connectivity index (χ3n) is 6.52. The first kappa shape index (κ1) is 33.7. The lowest BCUT2D eigenvalue weighted by molar-refractivity contribution is -0.150. The third kappa shape index (κ3) is 7.54. The zero-order valence-corrected chi connectivity index (χ0v) is 26.7. The van der Waals surface area contributed by atoms with E-state index in [9.17, 15) is 26.8 Å². The second-order valence-electron chi connectivity index (χ2n) is 9.57. The van der Waals surface area contributed by atoms with E-state index in [0.29, 0.717) is 16.9 Å². The molecule has 1 aromatic heterocycles. The lowest BCUT2D eigenvalue weighted by Crippen LogP contribution is -2.40. The van der Waals surface area contributed by atoms with Gasteiger partial charge in [0.25, 0.3) is 5.91 Å². The number of aromatic nitrogens is 1. The Morgan fingerprint density at radius 3 is 2.45 bits per heavy atom. The zero-order valence-electron chi connectivity index (χ0n) is 23.6. The number of methoxy groups -OCH3 is 1. The Bertz CT molecular complexity index is 1630. The molecule has 3 aromatic rings. The Hall–Kier alpha value is -3.17. The van der Waals surface area contributed by atoms with Crippen LogP contribution in [0.5, 0.6) is 11.5 Å². The van der Waals surface area contributed by atoms with E-state index >= 15 is 0 Å². The van der Waals surface area contributed by atoms with E-state index in [0.717, 1.165) is 16.1 Å². The number of pyridine rings is 1. The minimum absolute atomic E-state index is 0.0127. The molecule has 2 aromatic carbocycles. The third-order valence-corrected chi connectivity index (χ3v) is 10.3. The summed E-state index contributed by atoms with van der Waals surface area (Å²) in [5.74, 6) is -1.26. The summed E-state index contributed by atoms with van der Waals surface area (Å²) in [5.41, 5.74) is 0.869. The Balaban J connectivity index is 1.67. The molecular formula is C28H27Cl2F2N3O7S2. The van der Waals surface area contributed by atoms with Gasteiger partial charge in [-0.05, 0) is 41.5 Å². The molecule has 1 amide bonds. The van der Waals surface area contributed by atoms with Gasteiger partial charge in [0, 0.05) is 50.8 Å². The number of ether oxygens (including phenoxy) is 3. The molecule has 4 rings (SSSR count). The second-order valence-corrected chi connectivity index (χ2v) is 13.5. The quantitative estimate of drug-likeness (QED) is 0.248. The average molecular weight is 691 g/mol. The van der Waals surface area contributed by atoms with Crippen LogP contribution in [0.1, 0.15) is 27.6 Å². The van der Waals surface area contributed by atoms with Crippen molar-refractivity contribution in [2.75, 3.05) is 33.5 Å². The fourth-order valence-corrected chi connectivity index (χ4v) is 8.00. The molecule has 0 saturated carbocycles. The maximum atomic E-state index is 13.7. The van der Waals surface area contributed by atoms with E-state index in [-0.39, 0.29) is 50.9 Å². The highest BCUT2D eigenvalue weighted by atomic mass is 35.5. The molecule has 236 valence electrons. The molecule has 0 N–H and O–H groups in total. The fourth-order valence-electron chi connectivity index (χ4n) is 4.39. The molecule has 0 bridgehead atoms. The summed E-state index contributed by atoms with van der Waals surface area (Å²) in [7, 11) is 0.118. The van der Waals surface area contributed by atoms with Gasteiger partial charge in [0.1, 0.15) is 6.10 Å². The number of carbonyl (C=O) groups excluding carboxylic acids is 2. The normalized spacial score (nSPS) is 16.0. The molecule has 1 saturated heterocycles. The predicted octanol–water partition coefficient (Wildman–Crippen LogP) is 5.29. The lowest BCUT2D eigenvalue weighted by atomic mass is 10.0. The Morgan fingerprint density at radius 2 is 1.82 bits per heavy atom. The minimum atomic E-state index is -4.23. The smallest absolute Gasteiger partial charge is 0.387 e. The molecule has 1 unspecified atom stereocenters. The van der Waals surface area contributed by atoms with Crippen molar-refractivity contribution in [3.8, 4) is 11.5 Å². The van der Waals surface area contributed by atoms with Gasteiger partial charge in [-0.3, -0.25) is 9.78 Å². The van der Waals surface area contributed by atoms with E-state index in [1.165, 1.54) is 66.9 Å². The van der Waals surface area contributed by atoms with Gasteiger partial charge in [-0.1, -0.05) is 35.3 Å². The fraction of sp³-hybridized carbons (Fsp3) is 0.321. The highest BCUT2D eigenvalue weighted by Crippen LogP contribution is 2.38. The van der Waals surface area contributed by atoms with Crippen LogP contribution < -0.4 is 9.47 Å². The molecule has 0 radical (unpaired) electrons. The maximum Gasteiger partial charge on any atom is 0.387 e. The van der Waals surface area contributed by atoms with Gasteiger partial charge < -0.3 is 19.1 Å². The number of hydrogen-bond donors (Lipinski definition) is 0. The van der Waals surface area contributed by atoms with Gasteiger partial charge in [0.05, 0.1) is 22.1 Å². The molecule has 1 aliphatic rings. The van der Waals surface area contributed by atoms with E-state index in [1.807, 2.05) is 0 Å². The standard InChI is InChI=1S/C28H27Cl2F2N3O7S2/c1-34(2)25(36)17-5-4-6-18(11-17)44(38,39)35-9-10-43-26(35)27(37)41-23(13-19-20(29)14-33-15-21(19)30)16-7-8-22(42-28(31)32)24(12-16)40-3/h4-8,11-12,14-15,23,26,28H,9-10,13H2,1-3H3/t23?,26-/m0/s1. The number of halogens is 4. The van der Waals surface area contributed by atoms with Crippen molar-refractivity contribution in [3.05, 3.63) is 81.6 Å². The number of sulfonamides is 1. The maximum absolute atomic E-state index is 13.7. The van der Waals surface area contributed by atoms with Crippen LogP contribution in [0.2, 0.25) is 10.0 Å². The summed E-state index contributed by atoms with van der Waals surface area (Å²) in [4.78, 5) is 31.2. The Labute approximate surface area is 267 Å². The zero-order chi connectivity index (χ0) is 32.2. The molecule has 1 fully saturated rings. The molecule has 2 heterocycles. The van der Waals surface area contributed by atoms with Crippen molar-refractivity contribution in [3.63, 3.8) is 0 Å². The predicted molar refractivity (Wildman–Crippen MR) is 161 cm³/mol. The first-order valence-electron chi connectivity index (χ1n) is 12.9. The number of hydrogen-bond acceptors (Lipinski definition) is 9. The van der Waals surface area contributed by atoms with Crippen LogP contribution in [0.3, 0.4) is 0 Å². The molecule has 1 aliphatic heterocycles. The van der Waals surface area contributed by atoms with Gasteiger partial charge in [-0.15, -0.1) is 11.8 Å². The molecule has 0 aliphatic carbocycles. The summed E-state index contributed by atoms with van der Waals surface area (Å²) >= 11 is 13.7. The van der Waals surface area contributed by atoms with Crippen LogP contribution in [0.25, 0.3) is 0 Å². The lowest BCUT2D eigenvalue weighted by Gasteiger charge is -2.26. The van der Waals surface area contributed by atoms with Crippen molar-refractivity contribution >= 4 is 56.9 Å². The number of carbonyl (C=O) groups is 2. The van der Waals surface area contributed by atoms with Crippen LogP contribution in [-0.2, 0) is 26.0 Å². The molecule has 2 atom stereocenters. The highest BCUT2D eigenvalue weighted by molar-refractivity contribution is 8.02. The summed E-state index contributed by atoms with van der Waals surface area (Å²) in [5, 5.41) is -0.882. The van der Waals surface area contributed by atoms with Gasteiger partial charge >= 0.3 is 12.6 Å². The van der Waals surface area contributed by atoms with Crippen LogP contribution in [0.15, 0.2) is 59.8 Å². The largest absolute Gasteiger partial charge is 0.493 e. The van der Waals surface area contributed by atoms with Crippen molar-refractivity contribution in [2.24, 2.45) is 0 Å². The summed E-state index contributed by atoms with van der Waals surface area (Å²) in [6, 6.07) is 9.56. The summed E-state index contributed by atoms with van der Waals surface area (Å²) < 4.78 is 69.8. The van der Waals surface area contributed by atoms with Gasteiger partial charge in [-0.25, -0.2) is 13.2 Å². The SMILES string of the molecule is COc1cc(C(Cc2c(Cl)cncc2Cl)OC(=O)[C@@H]2SCCN2S(=O)(=O)c2cccc(C(=O)N(C)C)c2)ccc1OC(F)F. The number of rotatable bonds is 11. The molecule has 0 spiro atoms. The molecule has 16 heteroatoms. The van der Waals surface area contributed by atoms with Gasteiger partial charge in [0.2, 0.25) is 10.0 Å². The first-order chi connectivity index (χ1) is 20.8. The van der Waals surface area contributed by atoms with Crippen LogP contribution in [0.4, 0.5) is 8.78 Å². The number of nitrogens with zero attached hydrogens (tertiary/aromatic N) is 3. The Kier molecular flexibility index (Phi) is 10.9. The first-order valence-corrected chi connectivity index (χ1v) is 16.1. The number of thioether (sulfide) groups is 1. The van der Waals surface area contributed by atoms with E-state index in [2.05, 4.69) is 9.72 Å². The number of amides is 1. The number of esters is 1. The van der Waals surface area contributed by atoms with Crippen molar-refractivity contribution in [1.82, 2.24) is 14.2 Å². The molecule has 44 heavy (non-hydrogen) atoms. The van der Waals surface area contributed by atoms with Crippen molar-refractivity contribution in [2.45, 2.75) is 29.4 Å². The molecular weight excluding hydrogens is 663 g/mol.